The van der Waals surface area contributed by atoms with Crippen molar-refractivity contribution >= 4 is 46.6 Å². The van der Waals surface area contributed by atoms with Crippen LogP contribution >= 0.6 is 23.2 Å². The molecule has 0 unspecified atom stereocenters. The zero-order chi connectivity index (χ0) is 26.4. The van der Waals surface area contributed by atoms with Crippen molar-refractivity contribution in [2.75, 3.05) is 5.32 Å². The molecule has 5 atom stereocenters. The van der Waals surface area contributed by atoms with Crippen LogP contribution < -0.4 is 10.6 Å². The molecule has 6 rings (SSSR count). The summed E-state index contributed by atoms with van der Waals surface area (Å²) in [6.45, 7) is 0.254. The number of fused-ring (bicyclic) bond motifs is 1. The summed E-state index contributed by atoms with van der Waals surface area (Å²) in [5, 5.41) is 6.78. The van der Waals surface area contributed by atoms with Crippen molar-refractivity contribution in [3.63, 3.8) is 0 Å². The number of anilines is 1. The van der Waals surface area contributed by atoms with E-state index in [1.165, 1.54) is 6.42 Å². The molecule has 3 heterocycles. The van der Waals surface area contributed by atoms with E-state index in [2.05, 4.69) is 10.6 Å². The van der Waals surface area contributed by atoms with Crippen LogP contribution in [-0.2, 0) is 25.7 Å². The van der Waals surface area contributed by atoms with E-state index in [1.54, 1.807) is 23.1 Å². The Kier molecular flexibility index (Phi) is 6.70. The van der Waals surface area contributed by atoms with E-state index in [9.17, 15) is 14.4 Å². The van der Waals surface area contributed by atoms with Crippen molar-refractivity contribution in [3.8, 4) is 0 Å². The normalized spacial score (nSPS) is 29.9. The number of hydrogen-bond acceptors (Lipinski definition) is 4. The number of hydrogen-bond donors (Lipinski definition) is 2. The average molecular weight is 554 g/mol. The van der Waals surface area contributed by atoms with Crippen LogP contribution in [0.3, 0.4) is 0 Å². The minimum atomic E-state index is -1.20. The SMILES string of the molecule is O=C(Nc1ccc(Cl)c(Cl)c1)[C@H]1[C@@H]2C=C[C@]3(O2)[C@@H]1C(=O)N(Cc1ccccc1)[C@H]3C(=O)NC1CCCCC1. The first kappa shape index (κ1) is 25.4. The third-order valence-corrected chi connectivity index (χ3v) is 9.00. The Bertz CT molecular complexity index is 1300. The van der Waals surface area contributed by atoms with E-state index < -0.39 is 29.6 Å². The highest BCUT2D eigenvalue weighted by molar-refractivity contribution is 6.42. The number of halogens is 2. The van der Waals surface area contributed by atoms with Crippen molar-refractivity contribution in [2.45, 2.75) is 62.4 Å². The van der Waals surface area contributed by atoms with Crippen LogP contribution in [0.4, 0.5) is 5.69 Å². The third kappa shape index (κ3) is 4.31. The number of likely N-dealkylation sites (tertiary alicyclic amines) is 1. The number of carbonyl (C=O) groups is 3. The maximum absolute atomic E-state index is 14.1. The summed E-state index contributed by atoms with van der Waals surface area (Å²) in [7, 11) is 0. The molecule has 3 aliphatic heterocycles. The van der Waals surface area contributed by atoms with Crippen molar-refractivity contribution in [1.29, 1.82) is 0 Å². The summed E-state index contributed by atoms with van der Waals surface area (Å²) in [4.78, 5) is 43.1. The van der Waals surface area contributed by atoms with E-state index in [-0.39, 0.29) is 30.3 Å². The molecule has 1 aliphatic carbocycles. The highest BCUT2D eigenvalue weighted by atomic mass is 35.5. The highest BCUT2D eigenvalue weighted by Crippen LogP contribution is 2.55. The van der Waals surface area contributed by atoms with Crippen LogP contribution in [-0.4, -0.2) is 46.4 Å². The number of ether oxygens (including phenoxy) is 1. The molecular formula is C29H29Cl2N3O4. The molecule has 1 saturated carbocycles. The topological polar surface area (TPSA) is 87.7 Å². The Balaban J connectivity index is 1.32. The van der Waals surface area contributed by atoms with Crippen LogP contribution in [0.25, 0.3) is 0 Å². The molecule has 7 nitrogen and oxygen atoms in total. The summed E-state index contributed by atoms with van der Waals surface area (Å²) in [6.07, 6.45) is 8.22. The van der Waals surface area contributed by atoms with Gasteiger partial charge in [-0.3, -0.25) is 14.4 Å². The number of rotatable bonds is 6. The van der Waals surface area contributed by atoms with Gasteiger partial charge >= 0.3 is 0 Å². The number of nitrogens with one attached hydrogen (secondary N) is 2. The van der Waals surface area contributed by atoms with Gasteiger partial charge in [0.25, 0.3) is 0 Å². The van der Waals surface area contributed by atoms with Gasteiger partial charge in [0.15, 0.2) is 0 Å². The lowest BCUT2D eigenvalue weighted by Crippen LogP contribution is -2.56. The highest BCUT2D eigenvalue weighted by Gasteiger charge is 2.72. The van der Waals surface area contributed by atoms with Crippen molar-refractivity contribution in [3.05, 3.63) is 76.3 Å². The second-order valence-corrected chi connectivity index (χ2v) is 11.4. The van der Waals surface area contributed by atoms with Gasteiger partial charge in [0.05, 0.1) is 28.0 Å². The first-order valence-corrected chi connectivity index (χ1v) is 13.9. The molecule has 0 aromatic heterocycles. The van der Waals surface area contributed by atoms with E-state index in [1.807, 2.05) is 42.5 Å². The van der Waals surface area contributed by atoms with Gasteiger partial charge in [-0.1, -0.05) is 84.9 Å². The van der Waals surface area contributed by atoms with Gasteiger partial charge in [0.2, 0.25) is 17.7 Å². The van der Waals surface area contributed by atoms with Gasteiger partial charge in [-0.15, -0.1) is 0 Å². The molecule has 2 N–H and O–H groups in total. The number of benzene rings is 2. The fraction of sp³-hybridized carbons (Fsp3) is 0.414. The second-order valence-electron chi connectivity index (χ2n) is 10.6. The fourth-order valence-electron chi connectivity index (χ4n) is 6.54. The Morgan fingerprint density at radius 3 is 2.50 bits per heavy atom. The van der Waals surface area contributed by atoms with Crippen molar-refractivity contribution in [2.24, 2.45) is 11.8 Å². The van der Waals surface area contributed by atoms with E-state index in [4.69, 9.17) is 27.9 Å². The van der Waals surface area contributed by atoms with E-state index in [0.29, 0.717) is 15.7 Å². The molecule has 3 fully saturated rings. The number of nitrogens with zero attached hydrogens (tertiary/aromatic N) is 1. The smallest absolute Gasteiger partial charge is 0.246 e. The summed E-state index contributed by atoms with van der Waals surface area (Å²) in [5.41, 5.74) is 0.181. The first-order valence-electron chi connectivity index (χ1n) is 13.2. The molecule has 4 aliphatic rings. The number of amides is 3. The van der Waals surface area contributed by atoms with Gasteiger partial charge in [0.1, 0.15) is 11.6 Å². The quantitative estimate of drug-likeness (QED) is 0.506. The molecule has 2 saturated heterocycles. The molecule has 38 heavy (non-hydrogen) atoms. The Morgan fingerprint density at radius 2 is 1.76 bits per heavy atom. The zero-order valence-electron chi connectivity index (χ0n) is 20.7. The molecule has 1 spiro atoms. The molecule has 3 amide bonds. The van der Waals surface area contributed by atoms with E-state index >= 15 is 0 Å². The summed E-state index contributed by atoms with van der Waals surface area (Å²) < 4.78 is 6.42. The summed E-state index contributed by atoms with van der Waals surface area (Å²) in [6, 6.07) is 13.6. The maximum atomic E-state index is 14.1. The lowest BCUT2D eigenvalue weighted by atomic mass is 9.74. The standard InChI is InChI=1S/C29H29Cl2N3O4/c30-20-12-11-19(15-21(20)31)33-26(35)23-22-13-14-29(38-22)24(23)28(37)34(16-17-7-3-1-4-8-17)25(29)27(36)32-18-9-5-2-6-10-18/h1,3-4,7-8,11-15,18,22-25H,2,5-6,9-10,16H2,(H,32,36)(H,33,35)/t22-,23-,24-,25-,29-/m0/s1. The van der Waals surface area contributed by atoms with Gasteiger partial charge in [0, 0.05) is 18.3 Å². The lowest BCUT2D eigenvalue weighted by Gasteiger charge is -2.34. The van der Waals surface area contributed by atoms with Crippen molar-refractivity contribution in [1.82, 2.24) is 10.2 Å². The lowest BCUT2D eigenvalue weighted by molar-refractivity contribution is -0.142. The number of carbonyl (C=O) groups excluding carboxylic acids is 3. The molecule has 0 radical (unpaired) electrons. The molecule has 2 aromatic carbocycles. The first-order chi connectivity index (χ1) is 18.4. The maximum Gasteiger partial charge on any atom is 0.246 e. The predicted octanol–water partition coefficient (Wildman–Crippen LogP) is 4.73. The Labute approximate surface area is 231 Å². The van der Waals surface area contributed by atoms with E-state index in [0.717, 1.165) is 31.2 Å². The third-order valence-electron chi connectivity index (χ3n) is 8.26. The Morgan fingerprint density at radius 1 is 1.00 bits per heavy atom. The van der Waals surface area contributed by atoms with Crippen LogP contribution in [0.5, 0.6) is 0 Å². The minimum Gasteiger partial charge on any atom is -0.359 e. The largest absolute Gasteiger partial charge is 0.359 e. The molecular weight excluding hydrogens is 525 g/mol. The average Bonchev–Trinajstić information content (AvgIpc) is 3.55. The summed E-state index contributed by atoms with van der Waals surface area (Å²) in [5.74, 6) is -2.43. The molecule has 198 valence electrons. The van der Waals surface area contributed by atoms with Crippen LogP contribution in [0.1, 0.15) is 37.7 Å². The molecule has 9 heteroatoms. The van der Waals surface area contributed by atoms with Gasteiger partial charge < -0.3 is 20.3 Å². The fourth-order valence-corrected chi connectivity index (χ4v) is 6.84. The second kappa shape index (κ2) is 10.0. The Hall–Kier alpha value is -2.87. The van der Waals surface area contributed by atoms with Crippen molar-refractivity contribution < 1.29 is 19.1 Å². The predicted molar refractivity (Wildman–Crippen MR) is 145 cm³/mol. The van der Waals surface area contributed by atoms with Crippen LogP contribution in [0, 0.1) is 11.8 Å². The molecule has 2 bridgehead atoms. The minimum absolute atomic E-state index is 0.0803. The van der Waals surface area contributed by atoms with Gasteiger partial charge in [-0.2, -0.15) is 0 Å². The molecule has 2 aromatic rings. The van der Waals surface area contributed by atoms with Gasteiger partial charge in [-0.25, -0.2) is 0 Å². The summed E-state index contributed by atoms with van der Waals surface area (Å²) >= 11 is 12.2. The van der Waals surface area contributed by atoms with Crippen LogP contribution in [0.15, 0.2) is 60.7 Å². The van der Waals surface area contributed by atoms with Crippen LogP contribution in [0.2, 0.25) is 10.0 Å². The monoisotopic (exact) mass is 553 g/mol. The van der Waals surface area contributed by atoms with Gasteiger partial charge in [-0.05, 0) is 36.6 Å². The zero-order valence-corrected chi connectivity index (χ0v) is 22.3.